The maximum Gasteiger partial charge on any atom is 0.191 e. The molecule has 27 heavy (non-hydrogen) atoms. The van der Waals surface area contributed by atoms with Crippen LogP contribution in [-0.2, 0) is 16.7 Å². The van der Waals surface area contributed by atoms with Crippen LogP contribution in [0.3, 0.4) is 0 Å². The lowest BCUT2D eigenvalue weighted by Gasteiger charge is -2.15. The third kappa shape index (κ3) is 4.99. The van der Waals surface area contributed by atoms with Gasteiger partial charge in [-0.25, -0.2) is 4.99 Å². The Labute approximate surface area is 174 Å². The summed E-state index contributed by atoms with van der Waals surface area (Å²) in [6, 6.07) is 5.40. The number of benzene rings is 1. The molecule has 0 bridgehead atoms. The molecular formula is C20H25ClN2O2S2. The summed E-state index contributed by atoms with van der Waals surface area (Å²) in [4.78, 5) is 7.39. The van der Waals surface area contributed by atoms with Gasteiger partial charge in [0, 0.05) is 22.7 Å². The Kier molecular flexibility index (Phi) is 6.41. The molecule has 1 aromatic heterocycles. The molecule has 7 heteroatoms. The molecule has 0 radical (unpaired) electrons. The van der Waals surface area contributed by atoms with Crippen LogP contribution in [0, 0.1) is 0 Å². The number of ether oxygens (including phenoxy) is 2. The molecule has 1 aliphatic heterocycles. The third-order valence-electron chi connectivity index (χ3n) is 4.47. The number of hydrogen-bond donors (Lipinski definition) is 0. The molecule has 0 spiro atoms. The number of hydrogen-bond acceptors (Lipinski definition) is 4. The van der Waals surface area contributed by atoms with E-state index in [4.69, 9.17) is 38.3 Å². The monoisotopic (exact) mass is 424 g/mol. The zero-order valence-corrected chi connectivity index (χ0v) is 18.5. The van der Waals surface area contributed by atoms with Crippen LogP contribution in [0.2, 0.25) is 5.02 Å². The molecule has 3 rings (SSSR count). The molecule has 1 atom stereocenters. The van der Waals surface area contributed by atoms with Gasteiger partial charge in [-0.1, -0.05) is 44.6 Å². The summed E-state index contributed by atoms with van der Waals surface area (Å²) in [5.41, 5.74) is 0.779. The van der Waals surface area contributed by atoms with Crippen molar-refractivity contribution in [2.75, 3.05) is 13.7 Å². The quantitative estimate of drug-likeness (QED) is 0.650. The molecular weight excluding hydrogens is 400 g/mol. The van der Waals surface area contributed by atoms with E-state index in [2.05, 4.69) is 31.5 Å². The van der Waals surface area contributed by atoms with Crippen molar-refractivity contribution in [3.63, 3.8) is 0 Å². The highest BCUT2D eigenvalue weighted by atomic mass is 35.5. The summed E-state index contributed by atoms with van der Waals surface area (Å²) < 4.78 is 13.4. The van der Waals surface area contributed by atoms with Gasteiger partial charge in [0.2, 0.25) is 0 Å². The van der Waals surface area contributed by atoms with E-state index in [0.717, 1.165) is 36.4 Å². The predicted molar refractivity (Wildman–Crippen MR) is 115 cm³/mol. The van der Waals surface area contributed by atoms with Crippen LogP contribution in [0.25, 0.3) is 0 Å². The second kappa shape index (κ2) is 8.43. The molecule has 0 unspecified atom stereocenters. The second-order valence-corrected chi connectivity index (χ2v) is 9.51. The molecule has 146 valence electrons. The first-order valence-corrected chi connectivity index (χ1v) is 10.6. The van der Waals surface area contributed by atoms with Crippen LogP contribution < -0.4 is 9.54 Å². The first-order valence-electron chi connectivity index (χ1n) is 9.03. The van der Waals surface area contributed by atoms with Crippen LogP contribution in [0.15, 0.2) is 29.4 Å². The fraction of sp³-hybridized carbons (Fsp3) is 0.500. The average molecular weight is 425 g/mol. The number of thiazole rings is 1. The van der Waals surface area contributed by atoms with E-state index < -0.39 is 0 Å². The summed E-state index contributed by atoms with van der Waals surface area (Å²) in [7, 11) is 1.62. The Morgan fingerprint density at radius 1 is 1.44 bits per heavy atom. The van der Waals surface area contributed by atoms with Gasteiger partial charge < -0.3 is 14.0 Å². The molecule has 2 aromatic rings. The number of halogens is 1. The molecule has 0 aliphatic carbocycles. The fourth-order valence-corrected chi connectivity index (χ4v) is 4.49. The highest BCUT2D eigenvalue weighted by Crippen LogP contribution is 2.26. The van der Waals surface area contributed by atoms with Gasteiger partial charge in [0.25, 0.3) is 0 Å². The van der Waals surface area contributed by atoms with Crippen LogP contribution in [0.1, 0.15) is 44.1 Å². The number of methoxy groups -OCH3 is 1. The zero-order valence-electron chi connectivity index (χ0n) is 16.1. The van der Waals surface area contributed by atoms with Crippen molar-refractivity contribution in [2.45, 2.75) is 51.7 Å². The Hall–Kier alpha value is -1.21. The van der Waals surface area contributed by atoms with Gasteiger partial charge in [0.1, 0.15) is 10.7 Å². The van der Waals surface area contributed by atoms with Gasteiger partial charge >= 0.3 is 0 Å². The Morgan fingerprint density at radius 2 is 2.22 bits per heavy atom. The first kappa shape index (κ1) is 20.5. The lowest BCUT2D eigenvalue weighted by Crippen LogP contribution is -2.23. The van der Waals surface area contributed by atoms with Gasteiger partial charge in [-0.2, -0.15) is 0 Å². The SMILES string of the molecule is COc1ccc(Cl)cc1C(=S)/N=c1\sc(C(C)(C)C)cn1C[C@H]1CCCO1. The van der Waals surface area contributed by atoms with Crippen LogP contribution >= 0.6 is 35.2 Å². The lowest BCUT2D eigenvalue weighted by atomic mass is 9.95. The molecule has 0 amide bonds. The molecule has 1 aromatic carbocycles. The number of rotatable bonds is 4. The highest BCUT2D eigenvalue weighted by Gasteiger charge is 2.21. The van der Waals surface area contributed by atoms with Gasteiger partial charge in [-0.05, 0) is 36.5 Å². The largest absolute Gasteiger partial charge is 0.496 e. The van der Waals surface area contributed by atoms with Gasteiger partial charge in [0.15, 0.2) is 4.80 Å². The van der Waals surface area contributed by atoms with E-state index in [1.807, 2.05) is 6.07 Å². The van der Waals surface area contributed by atoms with Crippen molar-refractivity contribution in [1.82, 2.24) is 4.57 Å². The fourth-order valence-electron chi connectivity index (χ4n) is 2.95. The molecule has 4 nitrogen and oxygen atoms in total. The van der Waals surface area contributed by atoms with Crippen molar-refractivity contribution >= 4 is 40.1 Å². The standard InChI is InChI=1S/C20H25ClN2O2S2/c1-20(2,3)17-12-23(11-14-6-5-9-25-14)19(27-17)22-18(26)15-10-13(21)7-8-16(15)24-4/h7-8,10,12,14H,5-6,9,11H2,1-4H3/b22-19-/t14-/m1/s1. The lowest BCUT2D eigenvalue weighted by molar-refractivity contribution is 0.0963. The summed E-state index contributed by atoms with van der Waals surface area (Å²) in [6.45, 7) is 8.25. The Bertz CT molecular complexity index is 890. The number of nitrogens with zero attached hydrogens (tertiary/aromatic N) is 2. The topological polar surface area (TPSA) is 35.8 Å². The van der Waals surface area contributed by atoms with Gasteiger partial charge in [0.05, 0.1) is 25.3 Å². The van der Waals surface area contributed by atoms with E-state index >= 15 is 0 Å². The molecule has 2 heterocycles. The van der Waals surface area contributed by atoms with Crippen LogP contribution in [-0.4, -0.2) is 29.4 Å². The minimum atomic E-state index is 0.0477. The van der Waals surface area contributed by atoms with Gasteiger partial charge in [-0.15, -0.1) is 11.3 Å². The van der Waals surface area contributed by atoms with E-state index in [0.29, 0.717) is 15.8 Å². The van der Waals surface area contributed by atoms with E-state index in [1.54, 1.807) is 30.6 Å². The van der Waals surface area contributed by atoms with Crippen molar-refractivity contribution < 1.29 is 9.47 Å². The zero-order chi connectivity index (χ0) is 19.6. The second-order valence-electron chi connectivity index (χ2n) is 7.68. The molecule has 0 N–H and O–H groups in total. The number of thiocarbonyl (C=S) groups is 1. The van der Waals surface area contributed by atoms with Crippen molar-refractivity contribution in [1.29, 1.82) is 0 Å². The van der Waals surface area contributed by atoms with Gasteiger partial charge in [-0.3, -0.25) is 0 Å². The summed E-state index contributed by atoms with van der Waals surface area (Å²) in [5.74, 6) is 0.673. The van der Waals surface area contributed by atoms with Crippen LogP contribution in [0.4, 0.5) is 0 Å². The molecule has 1 fully saturated rings. The third-order valence-corrected chi connectivity index (χ3v) is 6.47. The smallest absolute Gasteiger partial charge is 0.191 e. The maximum atomic E-state index is 6.15. The predicted octanol–water partition coefficient (Wildman–Crippen LogP) is 4.96. The summed E-state index contributed by atoms with van der Waals surface area (Å²) in [6.07, 6.45) is 4.62. The first-order chi connectivity index (χ1) is 12.8. The highest BCUT2D eigenvalue weighted by molar-refractivity contribution is 7.80. The summed E-state index contributed by atoms with van der Waals surface area (Å²) >= 11 is 13.4. The Morgan fingerprint density at radius 3 is 2.85 bits per heavy atom. The molecule has 0 saturated carbocycles. The normalized spacial score (nSPS) is 18.1. The Balaban J connectivity index is 2.02. The van der Waals surface area contributed by atoms with Crippen LogP contribution in [0.5, 0.6) is 5.75 Å². The molecule has 1 aliphatic rings. The minimum Gasteiger partial charge on any atom is -0.496 e. The minimum absolute atomic E-state index is 0.0477. The van der Waals surface area contributed by atoms with E-state index in [-0.39, 0.29) is 11.5 Å². The van der Waals surface area contributed by atoms with E-state index in [1.165, 1.54) is 4.88 Å². The van der Waals surface area contributed by atoms with Crippen molar-refractivity contribution in [3.8, 4) is 5.75 Å². The van der Waals surface area contributed by atoms with Crippen molar-refractivity contribution in [3.05, 3.63) is 44.7 Å². The average Bonchev–Trinajstić information content (AvgIpc) is 3.25. The van der Waals surface area contributed by atoms with Crippen molar-refractivity contribution in [2.24, 2.45) is 4.99 Å². The summed E-state index contributed by atoms with van der Waals surface area (Å²) in [5, 5.41) is 0.608. The number of aromatic nitrogens is 1. The molecule has 1 saturated heterocycles. The van der Waals surface area contributed by atoms with E-state index in [9.17, 15) is 0 Å². The maximum absolute atomic E-state index is 6.15.